The minimum atomic E-state index is -0.155. The largest absolute Gasteiger partial charge is 0.335 e. The molecule has 1 saturated carbocycles. The Hall–Kier alpha value is -1.65. The topological polar surface area (TPSA) is 64.0 Å². The number of piperidine rings is 1. The molecule has 1 aromatic heterocycles. The van der Waals surface area contributed by atoms with Gasteiger partial charge in [0.1, 0.15) is 0 Å². The molecule has 5 heteroatoms. The average Bonchev–Trinajstić information content (AvgIpc) is 3.08. The number of hydrogen-bond acceptors (Lipinski definition) is 3. The van der Waals surface area contributed by atoms with Gasteiger partial charge in [-0.15, -0.1) is 0 Å². The summed E-state index contributed by atoms with van der Waals surface area (Å²) in [4.78, 5) is 28.3. The van der Waals surface area contributed by atoms with Gasteiger partial charge in [-0.2, -0.15) is 0 Å². The molecular weight excluding hydrogens is 254 g/mol. The van der Waals surface area contributed by atoms with Gasteiger partial charge >= 0.3 is 0 Å². The third kappa shape index (κ3) is 2.25. The lowest BCUT2D eigenvalue weighted by atomic mass is 9.74. The summed E-state index contributed by atoms with van der Waals surface area (Å²) < 4.78 is 2.05. The highest BCUT2D eigenvalue weighted by Gasteiger charge is 2.43. The Morgan fingerprint density at radius 1 is 1.35 bits per heavy atom. The van der Waals surface area contributed by atoms with E-state index >= 15 is 0 Å². The highest BCUT2D eigenvalue weighted by Crippen LogP contribution is 2.42. The highest BCUT2D eigenvalue weighted by atomic mass is 16.2. The van der Waals surface area contributed by atoms with Crippen LogP contribution in [0.4, 0.5) is 0 Å². The maximum atomic E-state index is 12.3. The average molecular weight is 275 g/mol. The first-order valence-corrected chi connectivity index (χ1v) is 7.54. The van der Waals surface area contributed by atoms with Crippen LogP contribution >= 0.6 is 0 Å². The van der Waals surface area contributed by atoms with E-state index in [-0.39, 0.29) is 23.7 Å². The standard InChI is InChI=1S/C15H21N3O2/c1-2-18-9-16-8-12(18)11-7-13(19)17-15(20)14(11)10-5-3-4-6-10/h8-11,14H,2-7H2,1H3,(H,17,19,20). The summed E-state index contributed by atoms with van der Waals surface area (Å²) in [7, 11) is 0. The quantitative estimate of drug-likeness (QED) is 0.856. The number of rotatable bonds is 3. The normalized spacial score (nSPS) is 27.9. The van der Waals surface area contributed by atoms with Gasteiger partial charge in [0.2, 0.25) is 11.8 Å². The molecule has 108 valence electrons. The van der Waals surface area contributed by atoms with E-state index in [0.29, 0.717) is 12.3 Å². The first-order valence-electron chi connectivity index (χ1n) is 7.54. The van der Waals surface area contributed by atoms with Crippen LogP contribution in [0, 0.1) is 11.8 Å². The summed E-state index contributed by atoms with van der Waals surface area (Å²) in [6, 6.07) is 0. The zero-order chi connectivity index (χ0) is 14.1. The second-order valence-corrected chi connectivity index (χ2v) is 5.90. The van der Waals surface area contributed by atoms with Crippen LogP contribution in [0.15, 0.2) is 12.5 Å². The molecule has 2 aliphatic rings. The monoisotopic (exact) mass is 275 g/mol. The number of aryl methyl sites for hydroxylation is 1. The van der Waals surface area contributed by atoms with Crippen LogP contribution in [-0.4, -0.2) is 21.4 Å². The van der Waals surface area contributed by atoms with Crippen molar-refractivity contribution in [3.63, 3.8) is 0 Å². The number of carbonyl (C=O) groups is 2. The summed E-state index contributed by atoms with van der Waals surface area (Å²) in [5.74, 6) is 0.0902. The lowest BCUT2D eigenvalue weighted by Crippen LogP contribution is -2.47. The smallest absolute Gasteiger partial charge is 0.230 e. The molecule has 3 rings (SSSR count). The molecular formula is C15H21N3O2. The van der Waals surface area contributed by atoms with E-state index in [1.807, 2.05) is 6.20 Å². The lowest BCUT2D eigenvalue weighted by molar-refractivity contribution is -0.139. The van der Waals surface area contributed by atoms with Crippen molar-refractivity contribution in [3.05, 3.63) is 18.2 Å². The van der Waals surface area contributed by atoms with E-state index < -0.39 is 0 Å². The van der Waals surface area contributed by atoms with Gasteiger partial charge in [-0.05, 0) is 25.7 Å². The van der Waals surface area contributed by atoms with Crippen molar-refractivity contribution < 1.29 is 9.59 Å². The Labute approximate surface area is 118 Å². The number of hydrogen-bond donors (Lipinski definition) is 1. The lowest BCUT2D eigenvalue weighted by Gasteiger charge is -2.34. The van der Waals surface area contributed by atoms with E-state index in [0.717, 1.165) is 25.1 Å². The van der Waals surface area contributed by atoms with Crippen molar-refractivity contribution in [2.24, 2.45) is 11.8 Å². The Kier molecular flexibility index (Phi) is 3.59. The molecule has 1 aliphatic heterocycles. The number of imide groups is 1. The van der Waals surface area contributed by atoms with E-state index in [9.17, 15) is 9.59 Å². The Balaban J connectivity index is 1.94. The first-order chi connectivity index (χ1) is 9.70. The summed E-state index contributed by atoms with van der Waals surface area (Å²) in [5.41, 5.74) is 1.03. The van der Waals surface area contributed by atoms with Crippen molar-refractivity contribution in [1.82, 2.24) is 14.9 Å². The van der Waals surface area contributed by atoms with Gasteiger partial charge in [0.15, 0.2) is 0 Å². The third-order valence-electron chi connectivity index (χ3n) is 4.78. The fraction of sp³-hybridized carbons (Fsp3) is 0.667. The molecule has 0 bridgehead atoms. The molecule has 2 fully saturated rings. The number of amides is 2. The van der Waals surface area contributed by atoms with Gasteiger partial charge in [0.05, 0.1) is 12.2 Å². The molecule has 5 nitrogen and oxygen atoms in total. The van der Waals surface area contributed by atoms with Crippen LogP contribution in [0.25, 0.3) is 0 Å². The van der Waals surface area contributed by atoms with Crippen molar-refractivity contribution in [2.75, 3.05) is 0 Å². The van der Waals surface area contributed by atoms with E-state index in [2.05, 4.69) is 21.8 Å². The molecule has 1 aliphatic carbocycles. The second-order valence-electron chi connectivity index (χ2n) is 5.90. The fourth-order valence-corrected chi connectivity index (χ4v) is 3.83. The fourth-order valence-electron chi connectivity index (χ4n) is 3.83. The second kappa shape index (κ2) is 5.38. The number of nitrogens with one attached hydrogen (secondary N) is 1. The van der Waals surface area contributed by atoms with E-state index in [1.165, 1.54) is 12.8 Å². The maximum Gasteiger partial charge on any atom is 0.230 e. The van der Waals surface area contributed by atoms with Crippen LogP contribution in [0.5, 0.6) is 0 Å². The summed E-state index contributed by atoms with van der Waals surface area (Å²) in [6.07, 6.45) is 8.61. The molecule has 20 heavy (non-hydrogen) atoms. The molecule has 1 N–H and O–H groups in total. The van der Waals surface area contributed by atoms with Gasteiger partial charge in [0, 0.05) is 30.8 Å². The zero-order valence-corrected chi connectivity index (χ0v) is 11.8. The third-order valence-corrected chi connectivity index (χ3v) is 4.78. The molecule has 1 aromatic rings. The van der Waals surface area contributed by atoms with Gasteiger partial charge in [-0.3, -0.25) is 14.9 Å². The number of imidazole rings is 1. The SMILES string of the molecule is CCn1cncc1C1CC(=O)NC(=O)C1C1CCCC1. The minimum absolute atomic E-state index is 0.0122. The van der Waals surface area contributed by atoms with Crippen LogP contribution in [0.2, 0.25) is 0 Å². The Morgan fingerprint density at radius 3 is 2.80 bits per heavy atom. The Morgan fingerprint density at radius 2 is 2.10 bits per heavy atom. The van der Waals surface area contributed by atoms with Gasteiger partial charge in [-0.25, -0.2) is 4.98 Å². The summed E-state index contributed by atoms with van der Waals surface area (Å²) in [5, 5.41) is 2.53. The Bertz CT molecular complexity index is 517. The molecule has 0 radical (unpaired) electrons. The van der Waals surface area contributed by atoms with E-state index in [4.69, 9.17) is 0 Å². The summed E-state index contributed by atoms with van der Waals surface area (Å²) in [6.45, 7) is 2.87. The maximum absolute atomic E-state index is 12.3. The highest BCUT2D eigenvalue weighted by molar-refractivity contribution is 6.00. The van der Waals surface area contributed by atoms with E-state index in [1.54, 1.807) is 6.33 Å². The minimum Gasteiger partial charge on any atom is -0.335 e. The van der Waals surface area contributed by atoms with Crippen molar-refractivity contribution >= 4 is 11.8 Å². The first kappa shape index (κ1) is 13.3. The molecule has 2 unspecified atom stereocenters. The van der Waals surface area contributed by atoms with Crippen LogP contribution in [-0.2, 0) is 16.1 Å². The predicted octanol–water partition coefficient (Wildman–Crippen LogP) is 1.84. The molecule has 0 spiro atoms. The zero-order valence-electron chi connectivity index (χ0n) is 11.8. The molecule has 2 heterocycles. The molecule has 2 amide bonds. The number of nitrogens with zero attached hydrogens (tertiary/aromatic N) is 2. The molecule has 1 saturated heterocycles. The van der Waals surface area contributed by atoms with Crippen LogP contribution < -0.4 is 5.32 Å². The van der Waals surface area contributed by atoms with Crippen molar-refractivity contribution in [2.45, 2.75) is 51.5 Å². The van der Waals surface area contributed by atoms with Crippen molar-refractivity contribution in [3.8, 4) is 0 Å². The predicted molar refractivity (Wildman–Crippen MR) is 73.9 cm³/mol. The molecule has 0 aromatic carbocycles. The van der Waals surface area contributed by atoms with Gasteiger partial charge in [0.25, 0.3) is 0 Å². The van der Waals surface area contributed by atoms with Gasteiger partial charge < -0.3 is 4.57 Å². The summed E-state index contributed by atoms with van der Waals surface area (Å²) >= 11 is 0. The van der Waals surface area contributed by atoms with Crippen molar-refractivity contribution in [1.29, 1.82) is 0 Å². The van der Waals surface area contributed by atoms with Crippen LogP contribution in [0.1, 0.15) is 50.6 Å². The van der Waals surface area contributed by atoms with Crippen LogP contribution in [0.3, 0.4) is 0 Å². The number of aromatic nitrogens is 2. The molecule has 2 atom stereocenters. The number of carbonyl (C=O) groups excluding carboxylic acids is 2. The van der Waals surface area contributed by atoms with Gasteiger partial charge in [-0.1, -0.05) is 12.8 Å².